The van der Waals surface area contributed by atoms with Crippen molar-refractivity contribution < 1.29 is 22.3 Å². The van der Waals surface area contributed by atoms with Crippen LogP contribution in [-0.4, -0.2) is 38.1 Å². The Morgan fingerprint density at radius 1 is 0.941 bits per heavy atom. The molecule has 178 valence electrons. The molecule has 0 aromatic heterocycles. The van der Waals surface area contributed by atoms with E-state index in [1.54, 1.807) is 30.3 Å². The third-order valence-corrected chi connectivity index (χ3v) is 6.72. The Balaban J connectivity index is 1.63. The molecule has 1 heterocycles. The lowest BCUT2D eigenvalue weighted by Gasteiger charge is -2.39. The zero-order chi connectivity index (χ0) is 24.2. The van der Waals surface area contributed by atoms with Gasteiger partial charge >= 0.3 is 6.18 Å². The van der Waals surface area contributed by atoms with E-state index in [9.17, 15) is 18.4 Å². The van der Waals surface area contributed by atoms with Gasteiger partial charge in [-0.2, -0.15) is 18.4 Å². The standard InChI is InChI=1S/C27H26F4N2O/c28-26(19-34-18-25(11-13-33-14-12-25)22-9-5-2-6-10-22)16-21(20-7-3-1-4-8-20)15-23(24(26)17-32)27(29,30)31/h1-10,15,33H,11-14,16,18-19H2. The minimum atomic E-state index is -4.86. The lowest BCUT2D eigenvalue weighted by Crippen LogP contribution is -2.45. The van der Waals surface area contributed by atoms with Crippen LogP contribution in [0.4, 0.5) is 17.6 Å². The second kappa shape index (κ2) is 9.73. The summed E-state index contributed by atoms with van der Waals surface area (Å²) in [5.41, 5.74) is -3.36. The minimum absolute atomic E-state index is 0.162. The molecule has 2 aromatic carbocycles. The number of benzene rings is 2. The summed E-state index contributed by atoms with van der Waals surface area (Å²) in [6.45, 7) is 1.07. The first-order chi connectivity index (χ1) is 16.3. The molecule has 2 aliphatic rings. The number of alkyl halides is 4. The summed E-state index contributed by atoms with van der Waals surface area (Å²) in [5.74, 6) is 0. The largest absolute Gasteiger partial charge is 0.417 e. The number of piperidine rings is 1. The van der Waals surface area contributed by atoms with Crippen LogP contribution in [-0.2, 0) is 10.2 Å². The van der Waals surface area contributed by atoms with Crippen LogP contribution in [0.2, 0.25) is 0 Å². The number of hydrogen-bond donors (Lipinski definition) is 1. The van der Waals surface area contributed by atoms with Gasteiger partial charge in [0, 0.05) is 11.8 Å². The van der Waals surface area contributed by atoms with Crippen LogP contribution in [0.25, 0.3) is 5.57 Å². The third kappa shape index (κ3) is 4.94. The van der Waals surface area contributed by atoms with Crippen LogP contribution >= 0.6 is 0 Å². The fourth-order valence-corrected chi connectivity index (χ4v) is 4.90. The highest BCUT2D eigenvalue weighted by molar-refractivity contribution is 5.74. The van der Waals surface area contributed by atoms with Crippen LogP contribution in [0.1, 0.15) is 30.4 Å². The van der Waals surface area contributed by atoms with Gasteiger partial charge in [0.25, 0.3) is 0 Å². The molecule has 1 aliphatic heterocycles. The molecular weight excluding hydrogens is 444 g/mol. The van der Waals surface area contributed by atoms with E-state index >= 15 is 4.39 Å². The first-order valence-electron chi connectivity index (χ1n) is 11.3. The van der Waals surface area contributed by atoms with Crippen LogP contribution < -0.4 is 5.32 Å². The number of ether oxygens (including phenoxy) is 1. The number of nitriles is 1. The van der Waals surface area contributed by atoms with Gasteiger partial charge in [0.05, 0.1) is 30.4 Å². The zero-order valence-electron chi connectivity index (χ0n) is 18.7. The highest BCUT2D eigenvalue weighted by atomic mass is 19.4. The van der Waals surface area contributed by atoms with Gasteiger partial charge in [0.1, 0.15) is 0 Å². The quantitative estimate of drug-likeness (QED) is 0.535. The molecular formula is C27H26F4N2O. The second-order valence-electron chi connectivity index (χ2n) is 8.97. The van der Waals surface area contributed by atoms with Crippen molar-refractivity contribution in [3.05, 3.63) is 89.0 Å². The number of nitrogens with zero attached hydrogens (tertiary/aromatic N) is 1. The van der Waals surface area contributed by atoms with Gasteiger partial charge in [0.2, 0.25) is 0 Å². The predicted octanol–water partition coefficient (Wildman–Crippen LogP) is 5.90. The SMILES string of the molecule is N#CC1=C(C(F)(F)F)C=C(c2ccccc2)CC1(F)COCC1(c2ccccc2)CCNCC1. The molecule has 0 spiro atoms. The molecule has 1 N–H and O–H groups in total. The maximum atomic E-state index is 16.3. The molecule has 1 aliphatic carbocycles. The summed E-state index contributed by atoms with van der Waals surface area (Å²) in [6, 6.07) is 19.7. The number of halogens is 4. The van der Waals surface area contributed by atoms with Gasteiger partial charge in [-0.1, -0.05) is 60.7 Å². The van der Waals surface area contributed by atoms with Crippen molar-refractivity contribution in [2.45, 2.75) is 36.5 Å². The van der Waals surface area contributed by atoms with Crippen LogP contribution in [0.15, 0.2) is 77.9 Å². The Bertz CT molecular complexity index is 1100. The fraction of sp³-hybridized carbons (Fsp3) is 0.370. The molecule has 3 nitrogen and oxygen atoms in total. The molecule has 0 saturated carbocycles. The summed E-state index contributed by atoms with van der Waals surface area (Å²) < 4.78 is 63.7. The van der Waals surface area contributed by atoms with E-state index in [0.717, 1.165) is 37.6 Å². The molecule has 2 aromatic rings. The van der Waals surface area contributed by atoms with E-state index in [0.29, 0.717) is 5.56 Å². The van der Waals surface area contributed by atoms with Crippen molar-refractivity contribution in [2.75, 3.05) is 26.3 Å². The fourth-order valence-electron chi connectivity index (χ4n) is 4.90. The number of hydrogen-bond acceptors (Lipinski definition) is 3. The average molecular weight is 471 g/mol. The lowest BCUT2D eigenvalue weighted by molar-refractivity contribution is -0.0912. The molecule has 0 radical (unpaired) electrons. The smallest absolute Gasteiger partial charge is 0.377 e. The van der Waals surface area contributed by atoms with E-state index in [2.05, 4.69) is 5.32 Å². The van der Waals surface area contributed by atoms with Gasteiger partial charge in [-0.3, -0.25) is 0 Å². The Hall–Kier alpha value is -2.95. The summed E-state index contributed by atoms with van der Waals surface area (Å²) >= 11 is 0. The summed E-state index contributed by atoms with van der Waals surface area (Å²) in [6.07, 6.45) is -2.80. The lowest BCUT2D eigenvalue weighted by atomic mass is 9.73. The minimum Gasteiger partial charge on any atom is -0.377 e. The van der Waals surface area contributed by atoms with Crippen molar-refractivity contribution in [3.63, 3.8) is 0 Å². The van der Waals surface area contributed by atoms with Gasteiger partial charge in [0.15, 0.2) is 5.67 Å². The molecule has 4 rings (SSSR count). The number of nitrogens with one attached hydrogen (secondary N) is 1. The van der Waals surface area contributed by atoms with Crippen LogP contribution in [0.3, 0.4) is 0 Å². The van der Waals surface area contributed by atoms with Crippen molar-refractivity contribution in [3.8, 4) is 6.07 Å². The van der Waals surface area contributed by atoms with Crippen molar-refractivity contribution >= 4 is 5.57 Å². The van der Waals surface area contributed by atoms with Crippen LogP contribution in [0.5, 0.6) is 0 Å². The van der Waals surface area contributed by atoms with E-state index in [-0.39, 0.29) is 24.0 Å². The number of rotatable bonds is 6. The van der Waals surface area contributed by atoms with Gasteiger partial charge < -0.3 is 10.1 Å². The second-order valence-corrected chi connectivity index (χ2v) is 8.97. The first-order valence-corrected chi connectivity index (χ1v) is 11.3. The van der Waals surface area contributed by atoms with E-state index in [1.165, 1.54) is 6.07 Å². The topological polar surface area (TPSA) is 45.0 Å². The maximum absolute atomic E-state index is 16.3. The maximum Gasteiger partial charge on any atom is 0.417 e. The van der Waals surface area contributed by atoms with E-state index in [4.69, 9.17) is 4.74 Å². The van der Waals surface area contributed by atoms with Crippen molar-refractivity contribution in [1.82, 2.24) is 5.32 Å². The Kier molecular flexibility index (Phi) is 6.92. The monoisotopic (exact) mass is 470 g/mol. The van der Waals surface area contributed by atoms with Gasteiger partial charge in [-0.05, 0) is 48.7 Å². The highest BCUT2D eigenvalue weighted by Crippen LogP contribution is 2.45. The van der Waals surface area contributed by atoms with E-state index in [1.807, 2.05) is 30.3 Å². The average Bonchev–Trinajstić information content (AvgIpc) is 2.84. The first kappa shape index (κ1) is 24.2. The highest BCUT2D eigenvalue weighted by Gasteiger charge is 2.48. The zero-order valence-corrected chi connectivity index (χ0v) is 18.7. The summed E-state index contributed by atoms with van der Waals surface area (Å²) in [7, 11) is 0. The molecule has 1 fully saturated rings. The van der Waals surface area contributed by atoms with Crippen molar-refractivity contribution in [1.29, 1.82) is 5.26 Å². The molecule has 7 heteroatoms. The van der Waals surface area contributed by atoms with Gasteiger partial charge in [-0.25, -0.2) is 4.39 Å². The Morgan fingerprint density at radius 2 is 1.56 bits per heavy atom. The Labute approximate surface area is 196 Å². The van der Waals surface area contributed by atoms with Crippen LogP contribution in [0, 0.1) is 11.3 Å². The molecule has 0 amide bonds. The number of allylic oxidation sites excluding steroid dienone is 3. The molecule has 1 saturated heterocycles. The Morgan fingerprint density at radius 3 is 2.15 bits per heavy atom. The molecule has 0 bridgehead atoms. The third-order valence-electron chi connectivity index (χ3n) is 6.72. The predicted molar refractivity (Wildman–Crippen MR) is 123 cm³/mol. The van der Waals surface area contributed by atoms with Crippen molar-refractivity contribution in [2.24, 2.45) is 0 Å². The van der Waals surface area contributed by atoms with E-state index < -0.39 is 29.6 Å². The normalized spacial score (nSPS) is 22.7. The molecule has 1 atom stereocenters. The molecule has 34 heavy (non-hydrogen) atoms. The summed E-state index contributed by atoms with van der Waals surface area (Å²) in [4.78, 5) is 0. The van der Waals surface area contributed by atoms with Gasteiger partial charge in [-0.15, -0.1) is 0 Å². The summed E-state index contributed by atoms with van der Waals surface area (Å²) in [5, 5.41) is 12.9. The molecule has 1 unspecified atom stereocenters.